The maximum absolute atomic E-state index is 12.4. The zero-order valence-corrected chi connectivity index (χ0v) is 14.1. The number of benzene rings is 2. The van der Waals surface area contributed by atoms with Crippen molar-refractivity contribution < 1.29 is 12.6 Å². The van der Waals surface area contributed by atoms with E-state index in [1.165, 1.54) is 18.2 Å². The molecule has 0 aliphatic heterocycles. The van der Waals surface area contributed by atoms with Gasteiger partial charge in [-0.3, -0.25) is 0 Å². The van der Waals surface area contributed by atoms with E-state index in [4.69, 9.17) is 4.18 Å². The summed E-state index contributed by atoms with van der Waals surface area (Å²) in [6.45, 7) is 3.65. The number of nitrogens with zero attached hydrogens (tertiary/aromatic N) is 2. The van der Waals surface area contributed by atoms with Crippen molar-refractivity contribution in [2.75, 3.05) is 0 Å². The fourth-order valence-electron chi connectivity index (χ4n) is 2.16. The SMILES string of the molecule is Cc1ccc(S(=O)(=O)Oc2cc(C)nc(-c3ccccc3)n2)cc1. The van der Waals surface area contributed by atoms with Gasteiger partial charge in [-0.2, -0.15) is 13.4 Å². The Bertz CT molecular complexity index is 953. The maximum atomic E-state index is 12.4. The molecular weight excluding hydrogens is 324 g/mol. The van der Waals surface area contributed by atoms with E-state index in [-0.39, 0.29) is 10.8 Å². The van der Waals surface area contributed by atoms with Gasteiger partial charge in [-0.1, -0.05) is 48.0 Å². The largest absolute Gasteiger partial charge is 0.358 e. The Kier molecular flexibility index (Phi) is 4.31. The Morgan fingerprint density at radius 3 is 2.21 bits per heavy atom. The topological polar surface area (TPSA) is 69.2 Å². The zero-order valence-electron chi connectivity index (χ0n) is 13.3. The molecule has 0 saturated heterocycles. The average Bonchev–Trinajstić information content (AvgIpc) is 2.55. The lowest BCUT2D eigenvalue weighted by Crippen LogP contribution is -2.11. The third kappa shape index (κ3) is 3.60. The van der Waals surface area contributed by atoms with Crippen LogP contribution in [0, 0.1) is 13.8 Å². The van der Waals surface area contributed by atoms with Gasteiger partial charge in [-0.25, -0.2) is 4.98 Å². The van der Waals surface area contributed by atoms with Crippen molar-refractivity contribution in [3.05, 3.63) is 71.9 Å². The van der Waals surface area contributed by atoms with Crippen molar-refractivity contribution in [2.24, 2.45) is 0 Å². The van der Waals surface area contributed by atoms with Crippen LogP contribution < -0.4 is 4.18 Å². The molecule has 2 aromatic carbocycles. The van der Waals surface area contributed by atoms with Crippen LogP contribution in [-0.2, 0) is 10.1 Å². The molecule has 24 heavy (non-hydrogen) atoms. The minimum atomic E-state index is -3.94. The normalized spacial score (nSPS) is 11.2. The molecule has 0 spiro atoms. The Labute approximate surface area is 141 Å². The molecule has 6 heteroatoms. The van der Waals surface area contributed by atoms with Crippen molar-refractivity contribution in [1.29, 1.82) is 0 Å². The summed E-state index contributed by atoms with van der Waals surface area (Å²) in [5.41, 5.74) is 2.38. The minimum Gasteiger partial charge on any atom is -0.358 e. The third-order valence-corrected chi connectivity index (χ3v) is 4.61. The molecule has 0 aliphatic rings. The summed E-state index contributed by atoms with van der Waals surface area (Å²) in [5, 5.41) is 0. The third-order valence-electron chi connectivity index (χ3n) is 3.37. The number of aromatic nitrogens is 2. The van der Waals surface area contributed by atoms with Crippen molar-refractivity contribution in [2.45, 2.75) is 18.7 Å². The molecule has 0 radical (unpaired) electrons. The molecule has 0 amide bonds. The molecule has 0 fully saturated rings. The lowest BCUT2D eigenvalue weighted by atomic mass is 10.2. The molecule has 3 aromatic rings. The smallest absolute Gasteiger partial charge is 0.340 e. The van der Waals surface area contributed by atoms with Crippen LogP contribution in [0.3, 0.4) is 0 Å². The van der Waals surface area contributed by atoms with E-state index in [0.29, 0.717) is 11.5 Å². The van der Waals surface area contributed by atoms with E-state index in [1.807, 2.05) is 37.3 Å². The molecule has 122 valence electrons. The molecule has 0 atom stereocenters. The predicted octanol–water partition coefficient (Wildman–Crippen LogP) is 3.53. The second kappa shape index (κ2) is 6.41. The molecule has 1 aromatic heterocycles. The number of hydrogen-bond acceptors (Lipinski definition) is 5. The van der Waals surface area contributed by atoms with Crippen molar-refractivity contribution >= 4 is 10.1 Å². The summed E-state index contributed by atoms with van der Waals surface area (Å²) >= 11 is 0. The summed E-state index contributed by atoms with van der Waals surface area (Å²) in [6, 6.07) is 17.3. The summed E-state index contributed by atoms with van der Waals surface area (Å²) < 4.78 is 30.0. The highest BCUT2D eigenvalue weighted by atomic mass is 32.2. The number of rotatable bonds is 4. The van der Waals surface area contributed by atoms with Gasteiger partial charge in [0, 0.05) is 17.3 Å². The van der Waals surface area contributed by atoms with E-state index in [2.05, 4.69) is 9.97 Å². The molecule has 0 saturated carbocycles. The summed E-state index contributed by atoms with van der Waals surface area (Å²) in [4.78, 5) is 8.64. The first-order chi connectivity index (χ1) is 11.4. The van der Waals surface area contributed by atoms with Crippen LogP contribution in [0.2, 0.25) is 0 Å². The standard InChI is InChI=1S/C18H16N2O3S/c1-13-8-10-16(11-9-13)24(21,22)23-17-12-14(2)19-18(20-17)15-6-4-3-5-7-15/h3-12H,1-2H3. The highest BCUT2D eigenvalue weighted by molar-refractivity contribution is 7.87. The van der Waals surface area contributed by atoms with Crippen molar-refractivity contribution in [3.8, 4) is 17.3 Å². The van der Waals surface area contributed by atoms with Crippen LogP contribution >= 0.6 is 0 Å². The van der Waals surface area contributed by atoms with Crippen LogP contribution in [-0.4, -0.2) is 18.4 Å². The molecule has 0 aliphatic carbocycles. The van der Waals surface area contributed by atoms with Crippen LogP contribution in [0.25, 0.3) is 11.4 Å². The fraction of sp³-hybridized carbons (Fsp3) is 0.111. The van der Waals surface area contributed by atoms with Crippen LogP contribution in [0.4, 0.5) is 0 Å². The van der Waals surface area contributed by atoms with Gasteiger partial charge >= 0.3 is 10.1 Å². The second-order valence-electron chi connectivity index (χ2n) is 5.39. The van der Waals surface area contributed by atoms with Gasteiger partial charge in [-0.05, 0) is 26.0 Å². The molecule has 0 bridgehead atoms. The summed E-state index contributed by atoms with van der Waals surface area (Å²) in [6.07, 6.45) is 0. The van der Waals surface area contributed by atoms with Crippen LogP contribution in [0.1, 0.15) is 11.3 Å². The van der Waals surface area contributed by atoms with E-state index in [9.17, 15) is 8.42 Å². The summed E-state index contributed by atoms with van der Waals surface area (Å²) in [5.74, 6) is 0.423. The monoisotopic (exact) mass is 340 g/mol. The van der Waals surface area contributed by atoms with Gasteiger partial charge in [0.2, 0.25) is 5.88 Å². The Morgan fingerprint density at radius 2 is 1.54 bits per heavy atom. The quantitative estimate of drug-likeness (QED) is 0.680. The van der Waals surface area contributed by atoms with Gasteiger partial charge in [0.25, 0.3) is 0 Å². The van der Waals surface area contributed by atoms with E-state index in [0.717, 1.165) is 11.1 Å². The average molecular weight is 340 g/mol. The minimum absolute atomic E-state index is 0.00179. The molecular formula is C18H16N2O3S. The molecule has 1 heterocycles. The zero-order chi connectivity index (χ0) is 17.2. The van der Waals surface area contributed by atoms with Gasteiger partial charge < -0.3 is 4.18 Å². The first kappa shape index (κ1) is 16.1. The molecule has 3 rings (SSSR count). The fourth-order valence-corrected chi connectivity index (χ4v) is 3.04. The Balaban J connectivity index is 1.95. The van der Waals surface area contributed by atoms with Gasteiger partial charge in [0.05, 0.1) is 0 Å². The Hall–Kier alpha value is -2.73. The van der Waals surface area contributed by atoms with Crippen molar-refractivity contribution in [1.82, 2.24) is 9.97 Å². The first-order valence-corrected chi connectivity index (χ1v) is 8.77. The highest BCUT2D eigenvalue weighted by Crippen LogP contribution is 2.22. The van der Waals surface area contributed by atoms with Crippen molar-refractivity contribution in [3.63, 3.8) is 0 Å². The first-order valence-electron chi connectivity index (χ1n) is 7.36. The Morgan fingerprint density at radius 1 is 0.875 bits per heavy atom. The van der Waals surface area contributed by atoms with E-state index < -0.39 is 10.1 Å². The lowest BCUT2D eigenvalue weighted by Gasteiger charge is -2.09. The molecule has 0 unspecified atom stereocenters. The molecule has 0 N–H and O–H groups in total. The van der Waals surface area contributed by atoms with Crippen LogP contribution in [0.5, 0.6) is 5.88 Å². The van der Waals surface area contributed by atoms with Crippen LogP contribution in [0.15, 0.2) is 65.6 Å². The lowest BCUT2D eigenvalue weighted by molar-refractivity contribution is 0.475. The molecule has 5 nitrogen and oxygen atoms in total. The highest BCUT2D eigenvalue weighted by Gasteiger charge is 2.18. The predicted molar refractivity (Wildman–Crippen MR) is 91.2 cm³/mol. The summed E-state index contributed by atoms with van der Waals surface area (Å²) in [7, 11) is -3.94. The van der Waals surface area contributed by atoms with Gasteiger partial charge in [0.1, 0.15) is 4.90 Å². The van der Waals surface area contributed by atoms with E-state index in [1.54, 1.807) is 19.1 Å². The van der Waals surface area contributed by atoms with Gasteiger partial charge in [-0.15, -0.1) is 0 Å². The second-order valence-corrected chi connectivity index (χ2v) is 6.93. The van der Waals surface area contributed by atoms with Gasteiger partial charge in [0.15, 0.2) is 5.82 Å². The van der Waals surface area contributed by atoms with E-state index >= 15 is 0 Å². The number of aryl methyl sites for hydroxylation is 2. The number of hydrogen-bond donors (Lipinski definition) is 0. The maximum Gasteiger partial charge on any atom is 0.340 e.